The van der Waals surface area contributed by atoms with Crippen LogP contribution in [0.3, 0.4) is 0 Å². The summed E-state index contributed by atoms with van der Waals surface area (Å²) in [6.07, 6.45) is 4.77. The van der Waals surface area contributed by atoms with Crippen molar-refractivity contribution in [3.8, 4) is 0 Å². The Morgan fingerprint density at radius 2 is 1.79 bits per heavy atom. The quantitative estimate of drug-likeness (QED) is 0.538. The molecule has 1 aliphatic carbocycles. The van der Waals surface area contributed by atoms with Crippen LogP contribution in [0.25, 0.3) is 0 Å². The van der Waals surface area contributed by atoms with Crippen LogP contribution in [0.1, 0.15) is 32.6 Å². The van der Waals surface area contributed by atoms with E-state index in [4.69, 9.17) is 4.18 Å². The molecule has 0 radical (unpaired) electrons. The van der Waals surface area contributed by atoms with Gasteiger partial charge >= 0.3 is 0 Å². The Balaban J connectivity index is 2.36. The van der Waals surface area contributed by atoms with Gasteiger partial charge < -0.3 is 0 Å². The molecule has 0 saturated heterocycles. The van der Waals surface area contributed by atoms with E-state index < -0.39 is 10.1 Å². The Bertz CT molecular complexity index is 261. The maximum absolute atomic E-state index is 10.9. The third-order valence-electron chi connectivity index (χ3n) is 2.83. The number of hydrogen-bond acceptors (Lipinski definition) is 3. The fraction of sp³-hybridized carbons (Fsp3) is 0.900. The zero-order valence-corrected chi connectivity index (χ0v) is 9.72. The molecule has 1 atom stereocenters. The lowest BCUT2D eigenvalue weighted by Crippen LogP contribution is -2.26. The molecule has 1 rings (SSSR count). The smallest absolute Gasteiger partial charge is 0.264 e. The Hall–Kier alpha value is -0.220. The minimum atomic E-state index is -3.28. The minimum Gasteiger partial charge on any atom is -0.267 e. The van der Waals surface area contributed by atoms with Gasteiger partial charge in [0.15, 0.2) is 0 Å². The molecule has 0 aromatic heterocycles. The first-order valence-corrected chi connectivity index (χ1v) is 6.91. The summed E-state index contributed by atoms with van der Waals surface area (Å²) in [5.41, 5.74) is 0. The zero-order valence-electron chi connectivity index (χ0n) is 8.90. The second-order valence-electron chi connectivity index (χ2n) is 4.31. The van der Waals surface area contributed by atoms with Crippen molar-refractivity contribution in [3.63, 3.8) is 0 Å². The second-order valence-corrected chi connectivity index (χ2v) is 5.92. The Morgan fingerprint density at radius 1 is 1.29 bits per heavy atom. The largest absolute Gasteiger partial charge is 0.267 e. The first-order valence-electron chi connectivity index (χ1n) is 5.10. The maximum atomic E-state index is 10.9. The van der Waals surface area contributed by atoms with Gasteiger partial charge in [0.25, 0.3) is 10.1 Å². The van der Waals surface area contributed by atoms with Crippen molar-refractivity contribution in [3.05, 3.63) is 6.92 Å². The molecule has 0 spiro atoms. The minimum absolute atomic E-state index is 0.0972. The predicted molar refractivity (Wildman–Crippen MR) is 56.2 cm³/mol. The third kappa shape index (κ3) is 3.88. The van der Waals surface area contributed by atoms with Crippen molar-refractivity contribution in [1.29, 1.82) is 0 Å². The van der Waals surface area contributed by atoms with E-state index >= 15 is 0 Å². The Kier molecular flexibility index (Phi) is 3.84. The lowest BCUT2D eigenvalue weighted by atomic mass is 9.81. The van der Waals surface area contributed by atoms with E-state index in [1.165, 1.54) is 0 Å². The molecule has 1 unspecified atom stereocenters. The van der Waals surface area contributed by atoms with Crippen molar-refractivity contribution in [1.82, 2.24) is 0 Å². The molecule has 1 saturated carbocycles. The van der Waals surface area contributed by atoms with E-state index in [0.29, 0.717) is 11.8 Å². The van der Waals surface area contributed by atoms with Gasteiger partial charge in [0.1, 0.15) is 0 Å². The van der Waals surface area contributed by atoms with Crippen LogP contribution in [0.15, 0.2) is 0 Å². The van der Waals surface area contributed by atoms with E-state index in [0.717, 1.165) is 31.9 Å². The lowest BCUT2D eigenvalue weighted by molar-refractivity contribution is 0.127. The normalized spacial score (nSPS) is 31.3. The molecule has 0 aromatic carbocycles. The molecular formula is C10H19O3S+. The van der Waals surface area contributed by atoms with Gasteiger partial charge in [0.2, 0.25) is 0 Å². The highest BCUT2D eigenvalue weighted by Crippen LogP contribution is 2.31. The van der Waals surface area contributed by atoms with Crippen LogP contribution < -0.4 is 0 Å². The van der Waals surface area contributed by atoms with Gasteiger partial charge in [0.05, 0.1) is 25.2 Å². The average molecular weight is 219 g/mol. The van der Waals surface area contributed by atoms with Gasteiger partial charge in [0, 0.05) is 5.92 Å². The molecule has 1 aliphatic rings. The summed E-state index contributed by atoms with van der Waals surface area (Å²) in [6, 6.07) is 0. The molecule has 82 valence electrons. The zero-order chi connectivity index (χ0) is 10.8. The fourth-order valence-corrected chi connectivity index (χ4v) is 2.69. The first-order chi connectivity index (χ1) is 6.38. The van der Waals surface area contributed by atoms with Crippen LogP contribution in [0.4, 0.5) is 0 Å². The van der Waals surface area contributed by atoms with Crippen molar-refractivity contribution in [2.24, 2.45) is 11.8 Å². The molecule has 0 amide bonds. The van der Waals surface area contributed by atoms with Crippen LogP contribution in [0.2, 0.25) is 0 Å². The van der Waals surface area contributed by atoms with Crippen LogP contribution in [0, 0.1) is 18.8 Å². The van der Waals surface area contributed by atoms with E-state index in [9.17, 15) is 8.42 Å². The highest BCUT2D eigenvalue weighted by molar-refractivity contribution is 7.86. The second kappa shape index (κ2) is 4.53. The van der Waals surface area contributed by atoms with Crippen LogP contribution in [-0.4, -0.2) is 20.8 Å². The van der Waals surface area contributed by atoms with Gasteiger partial charge in [-0.15, -0.1) is 0 Å². The highest BCUT2D eigenvalue weighted by atomic mass is 32.2. The predicted octanol–water partition coefficient (Wildman–Crippen LogP) is 1.99. The van der Waals surface area contributed by atoms with Crippen molar-refractivity contribution >= 4 is 10.1 Å². The van der Waals surface area contributed by atoms with Gasteiger partial charge in [-0.3, -0.25) is 4.18 Å². The van der Waals surface area contributed by atoms with Crippen LogP contribution in [-0.2, 0) is 14.3 Å². The summed E-state index contributed by atoms with van der Waals surface area (Å²) in [5, 5.41) is 0. The van der Waals surface area contributed by atoms with Gasteiger partial charge in [-0.25, -0.2) is 0 Å². The van der Waals surface area contributed by atoms with Crippen molar-refractivity contribution < 1.29 is 12.6 Å². The molecule has 14 heavy (non-hydrogen) atoms. The van der Waals surface area contributed by atoms with Crippen molar-refractivity contribution in [2.45, 2.75) is 38.7 Å². The Morgan fingerprint density at radius 3 is 2.14 bits per heavy atom. The van der Waals surface area contributed by atoms with E-state index in [2.05, 4.69) is 13.8 Å². The van der Waals surface area contributed by atoms with Crippen molar-refractivity contribution in [2.75, 3.05) is 6.26 Å². The highest BCUT2D eigenvalue weighted by Gasteiger charge is 2.28. The monoisotopic (exact) mass is 219 g/mol. The Labute approximate surface area is 87.0 Å². The lowest BCUT2D eigenvalue weighted by Gasteiger charge is -2.27. The van der Waals surface area contributed by atoms with E-state index in [-0.39, 0.29) is 6.10 Å². The van der Waals surface area contributed by atoms with Crippen LogP contribution >= 0.6 is 0 Å². The van der Waals surface area contributed by atoms with Crippen LogP contribution in [0.5, 0.6) is 0 Å². The molecule has 0 aromatic rings. The molecule has 3 nitrogen and oxygen atoms in total. The van der Waals surface area contributed by atoms with Gasteiger partial charge in [-0.2, -0.15) is 8.42 Å². The molecule has 0 N–H and O–H groups in total. The topological polar surface area (TPSA) is 43.4 Å². The number of rotatable bonds is 3. The molecular weight excluding hydrogens is 200 g/mol. The first kappa shape index (κ1) is 11.9. The van der Waals surface area contributed by atoms with E-state index in [1.807, 2.05) is 0 Å². The molecule has 1 fully saturated rings. The van der Waals surface area contributed by atoms with E-state index in [1.54, 1.807) is 0 Å². The molecule has 0 bridgehead atoms. The summed E-state index contributed by atoms with van der Waals surface area (Å²) < 4.78 is 26.7. The standard InChI is InChI=1S/C10H19O3S/c1-8(2)9-4-6-10(7-5-9)13-14(3,11)12/h8-10H,1,4-7H2,2-3H3/q+1. The summed E-state index contributed by atoms with van der Waals surface area (Å²) in [5.74, 6) is 1.09. The SMILES string of the molecule is [CH2+]C(C)C1CCC(OS(C)(=O)=O)CC1. The average Bonchev–Trinajstić information content (AvgIpc) is 2.02. The maximum Gasteiger partial charge on any atom is 0.264 e. The molecule has 4 heteroatoms. The number of hydrogen-bond donors (Lipinski definition) is 0. The van der Waals surface area contributed by atoms with Gasteiger partial charge in [-0.05, 0) is 32.6 Å². The summed E-state index contributed by atoms with van der Waals surface area (Å²) in [6.45, 7) is 6.12. The fourth-order valence-electron chi connectivity index (χ4n) is 2.00. The molecule has 0 heterocycles. The summed E-state index contributed by atoms with van der Waals surface area (Å²) >= 11 is 0. The molecule has 0 aliphatic heterocycles. The summed E-state index contributed by atoms with van der Waals surface area (Å²) in [4.78, 5) is 0. The van der Waals surface area contributed by atoms with Gasteiger partial charge in [-0.1, -0.05) is 0 Å². The summed E-state index contributed by atoms with van der Waals surface area (Å²) in [7, 11) is -3.28. The third-order valence-corrected chi connectivity index (χ3v) is 3.46.